The highest BCUT2D eigenvalue weighted by molar-refractivity contribution is 8.00. The first-order valence-electron chi connectivity index (χ1n) is 6.55. The molecule has 116 valence electrons. The number of nitrogens with one attached hydrogen (secondary N) is 1. The number of aromatic nitrogens is 1. The van der Waals surface area contributed by atoms with Crippen molar-refractivity contribution in [3.8, 4) is 0 Å². The van der Waals surface area contributed by atoms with Crippen LogP contribution in [-0.2, 0) is 9.53 Å². The molecule has 0 aliphatic heterocycles. The number of anilines is 1. The first-order chi connectivity index (χ1) is 10.5. The summed E-state index contributed by atoms with van der Waals surface area (Å²) in [5, 5.41) is 3.12. The number of amides is 1. The van der Waals surface area contributed by atoms with Gasteiger partial charge in [0.2, 0.25) is 5.91 Å². The van der Waals surface area contributed by atoms with Gasteiger partial charge in [-0.1, -0.05) is 29.5 Å². The van der Waals surface area contributed by atoms with Crippen molar-refractivity contribution in [2.45, 2.75) is 18.7 Å². The molecule has 1 N–H and O–H groups in total. The normalized spacial score (nSPS) is 10.3. The van der Waals surface area contributed by atoms with Crippen molar-refractivity contribution in [1.82, 2.24) is 4.98 Å². The van der Waals surface area contributed by atoms with E-state index in [1.165, 1.54) is 18.9 Å². The Labute approximate surface area is 137 Å². The van der Waals surface area contributed by atoms with Crippen LogP contribution in [0.2, 0.25) is 0 Å². The van der Waals surface area contributed by atoms with Gasteiger partial charge in [0.1, 0.15) is 4.88 Å². The molecule has 0 aliphatic rings. The number of esters is 1. The Bertz CT molecular complexity index is 698. The van der Waals surface area contributed by atoms with Crippen LogP contribution in [0.3, 0.4) is 0 Å². The fourth-order valence-corrected chi connectivity index (χ4v) is 3.48. The number of thiazole rings is 1. The third-order valence-corrected chi connectivity index (χ3v) is 5.09. The summed E-state index contributed by atoms with van der Waals surface area (Å²) < 4.78 is 4.67. The maximum Gasteiger partial charge on any atom is 0.350 e. The molecule has 2 rings (SSSR count). The molecule has 0 bridgehead atoms. The van der Waals surface area contributed by atoms with E-state index in [-0.39, 0.29) is 11.7 Å². The van der Waals surface area contributed by atoms with Gasteiger partial charge in [-0.05, 0) is 25.5 Å². The zero-order chi connectivity index (χ0) is 16.1. The molecule has 0 atom stereocenters. The molecule has 1 aromatic heterocycles. The van der Waals surface area contributed by atoms with Crippen molar-refractivity contribution < 1.29 is 14.3 Å². The molecule has 2 aromatic rings. The van der Waals surface area contributed by atoms with Crippen LogP contribution in [0.4, 0.5) is 5.13 Å². The zero-order valence-corrected chi connectivity index (χ0v) is 14.1. The van der Waals surface area contributed by atoms with Crippen molar-refractivity contribution in [3.63, 3.8) is 0 Å². The molecule has 0 radical (unpaired) electrons. The number of nitrogens with zero attached hydrogens (tertiary/aromatic N) is 1. The molecule has 0 aliphatic carbocycles. The average Bonchev–Trinajstić information content (AvgIpc) is 2.86. The minimum absolute atomic E-state index is 0.154. The van der Waals surface area contributed by atoms with Crippen LogP contribution in [0.15, 0.2) is 29.2 Å². The number of rotatable bonds is 5. The first-order valence-corrected chi connectivity index (χ1v) is 8.35. The fourth-order valence-electron chi connectivity index (χ4n) is 1.75. The van der Waals surface area contributed by atoms with Crippen molar-refractivity contribution in [1.29, 1.82) is 0 Å². The summed E-state index contributed by atoms with van der Waals surface area (Å²) in [7, 11) is 1.32. The number of thioether (sulfide) groups is 1. The number of ether oxygens (including phenoxy) is 1. The predicted molar refractivity (Wildman–Crippen MR) is 88.7 cm³/mol. The number of carbonyl (C=O) groups is 2. The van der Waals surface area contributed by atoms with E-state index < -0.39 is 5.97 Å². The SMILES string of the molecule is COC(=O)c1sc(NC(=O)CSc2ccccc2C)nc1C. The van der Waals surface area contributed by atoms with Crippen molar-refractivity contribution >= 4 is 40.1 Å². The summed E-state index contributed by atoms with van der Waals surface area (Å²) in [6.07, 6.45) is 0. The van der Waals surface area contributed by atoms with Crippen LogP contribution in [0, 0.1) is 13.8 Å². The fraction of sp³-hybridized carbons (Fsp3) is 0.267. The Morgan fingerprint density at radius 3 is 2.73 bits per heavy atom. The van der Waals surface area contributed by atoms with Gasteiger partial charge in [0.25, 0.3) is 0 Å². The molecule has 0 saturated heterocycles. The second-order valence-corrected chi connectivity index (χ2v) is 6.54. The number of hydrogen-bond acceptors (Lipinski definition) is 6. The van der Waals surface area contributed by atoms with E-state index in [0.29, 0.717) is 15.7 Å². The summed E-state index contributed by atoms with van der Waals surface area (Å²) >= 11 is 2.59. The Morgan fingerprint density at radius 2 is 2.05 bits per heavy atom. The second-order valence-electron chi connectivity index (χ2n) is 4.53. The Kier molecular flexibility index (Phi) is 5.57. The molecule has 0 spiro atoms. The molecular weight excluding hydrogens is 320 g/mol. The van der Waals surface area contributed by atoms with Gasteiger partial charge in [-0.15, -0.1) is 11.8 Å². The molecule has 0 saturated carbocycles. The highest BCUT2D eigenvalue weighted by Crippen LogP contribution is 2.25. The molecule has 7 heteroatoms. The number of carbonyl (C=O) groups excluding carboxylic acids is 2. The van der Waals surface area contributed by atoms with Gasteiger partial charge in [-0.25, -0.2) is 9.78 Å². The minimum Gasteiger partial charge on any atom is -0.465 e. The monoisotopic (exact) mass is 336 g/mol. The molecule has 1 aromatic carbocycles. The molecule has 22 heavy (non-hydrogen) atoms. The van der Waals surface area contributed by atoms with Crippen molar-refractivity contribution in [2.24, 2.45) is 0 Å². The van der Waals surface area contributed by atoms with E-state index in [0.717, 1.165) is 21.8 Å². The topological polar surface area (TPSA) is 68.3 Å². The maximum atomic E-state index is 12.0. The number of benzene rings is 1. The van der Waals surface area contributed by atoms with Crippen LogP contribution in [0.25, 0.3) is 0 Å². The highest BCUT2D eigenvalue weighted by atomic mass is 32.2. The quantitative estimate of drug-likeness (QED) is 0.670. The molecule has 0 fully saturated rings. The number of hydrogen-bond donors (Lipinski definition) is 1. The lowest BCUT2D eigenvalue weighted by molar-refractivity contribution is -0.113. The number of aryl methyl sites for hydroxylation is 2. The summed E-state index contributed by atoms with van der Waals surface area (Å²) in [6, 6.07) is 7.90. The number of methoxy groups -OCH3 is 1. The van der Waals surface area contributed by atoms with Gasteiger partial charge in [-0.3, -0.25) is 4.79 Å². The Morgan fingerprint density at radius 1 is 1.32 bits per heavy atom. The van der Waals surface area contributed by atoms with E-state index in [1.54, 1.807) is 6.92 Å². The van der Waals surface area contributed by atoms with Crippen molar-refractivity contribution in [2.75, 3.05) is 18.2 Å². The van der Waals surface area contributed by atoms with E-state index in [9.17, 15) is 9.59 Å². The molecule has 5 nitrogen and oxygen atoms in total. The maximum absolute atomic E-state index is 12.0. The summed E-state index contributed by atoms with van der Waals surface area (Å²) in [4.78, 5) is 29.1. The van der Waals surface area contributed by atoms with Gasteiger partial charge >= 0.3 is 5.97 Å². The van der Waals surface area contributed by atoms with Crippen LogP contribution < -0.4 is 5.32 Å². The van der Waals surface area contributed by atoms with E-state index in [2.05, 4.69) is 15.0 Å². The van der Waals surface area contributed by atoms with Gasteiger partial charge in [0.05, 0.1) is 18.6 Å². The van der Waals surface area contributed by atoms with Crippen molar-refractivity contribution in [3.05, 3.63) is 40.4 Å². The van der Waals surface area contributed by atoms with Gasteiger partial charge < -0.3 is 10.1 Å². The van der Waals surface area contributed by atoms with E-state index in [4.69, 9.17) is 0 Å². The second kappa shape index (κ2) is 7.42. The van der Waals surface area contributed by atoms with Gasteiger partial charge in [0.15, 0.2) is 5.13 Å². The molecular formula is C15H16N2O3S2. The standard InChI is InChI=1S/C15H16N2O3S2/c1-9-6-4-5-7-11(9)21-8-12(18)17-15-16-10(2)13(22-15)14(19)20-3/h4-7H,8H2,1-3H3,(H,16,17,18). The third kappa shape index (κ3) is 4.08. The summed E-state index contributed by atoms with van der Waals surface area (Å²) in [5.74, 6) is -0.306. The summed E-state index contributed by atoms with van der Waals surface area (Å²) in [5.41, 5.74) is 1.69. The zero-order valence-electron chi connectivity index (χ0n) is 12.5. The van der Waals surface area contributed by atoms with Crippen LogP contribution >= 0.6 is 23.1 Å². The van der Waals surface area contributed by atoms with Gasteiger partial charge in [-0.2, -0.15) is 0 Å². The lowest BCUT2D eigenvalue weighted by Crippen LogP contribution is -2.13. The Hall–Kier alpha value is -1.86. The van der Waals surface area contributed by atoms with E-state index >= 15 is 0 Å². The van der Waals surface area contributed by atoms with Crippen LogP contribution in [0.1, 0.15) is 20.9 Å². The largest absolute Gasteiger partial charge is 0.465 e. The minimum atomic E-state index is -0.440. The van der Waals surface area contributed by atoms with E-state index in [1.807, 2.05) is 31.2 Å². The highest BCUT2D eigenvalue weighted by Gasteiger charge is 2.17. The lowest BCUT2D eigenvalue weighted by atomic mass is 10.2. The van der Waals surface area contributed by atoms with Crippen LogP contribution in [0.5, 0.6) is 0 Å². The predicted octanol–water partition coefficient (Wildman–Crippen LogP) is 3.28. The average molecular weight is 336 g/mol. The lowest BCUT2D eigenvalue weighted by Gasteiger charge is -2.04. The van der Waals surface area contributed by atoms with Crippen LogP contribution in [-0.4, -0.2) is 29.7 Å². The summed E-state index contributed by atoms with van der Waals surface area (Å²) in [6.45, 7) is 3.72. The molecule has 1 heterocycles. The molecule has 0 unspecified atom stereocenters. The smallest absolute Gasteiger partial charge is 0.350 e. The third-order valence-electron chi connectivity index (χ3n) is 2.87. The molecule has 1 amide bonds. The Balaban J connectivity index is 1.95. The first kappa shape index (κ1) is 16.5. The van der Waals surface area contributed by atoms with Gasteiger partial charge in [0, 0.05) is 4.90 Å².